The van der Waals surface area contributed by atoms with Crippen LogP contribution >= 0.6 is 0 Å². The van der Waals surface area contributed by atoms with Gasteiger partial charge in [-0.3, -0.25) is 9.80 Å². The van der Waals surface area contributed by atoms with E-state index in [0.717, 1.165) is 43.9 Å². The van der Waals surface area contributed by atoms with Crippen LogP contribution in [0.25, 0.3) is 0 Å². The van der Waals surface area contributed by atoms with Crippen LogP contribution in [0.15, 0.2) is 24.3 Å². The Kier molecular flexibility index (Phi) is 5.85. The summed E-state index contributed by atoms with van der Waals surface area (Å²) in [5.74, 6) is 0.0287. The molecule has 0 unspecified atom stereocenters. The normalized spacial score (nSPS) is 26.7. The fourth-order valence-electron chi connectivity index (χ4n) is 4.11. The van der Waals surface area contributed by atoms with Gasteiger partial charge in [0, 0.05) is 26.2 Å². The van der Waals surface area contributed by atoms with E-state index in [1.807, 2.05) is 31.3 Å². The van der Waals surface area contributed by atoms with E-state index in [4.69, 9.17) is 4.74 Å². The molecule has 1 amide bonds. The van der Waals surface area contributed by atoms with Crippen molar-refractivity contribution >= 4 is 11.6 Å². The van der Waals surface area contributed by atoms with Gasteiger partial charge in [-0.15, -0.1) is 0 Å². The second-order valence-electron chi connectivity index (χ2n) is 7.30. The van der Waals surface area contributed by atoms with Crippen molar-refractivity contribution in [1.29, 1.82) is 0 Å². The van der Waals surface area contributed by atoms with Gasteiger partial charge in [-0.1, -0.05) is 26.0 Å². The van der Waals surface area contributed by atoms with Gasteiger partial charge in [0.05, 0.1) is 17.4 Å². The number of carbonyl (C=O) groups excluding carboxylic acids is 1. The summed E-state index contributed by atoms with van der Waals surface area (Å²) in [6.07, 6.45) is 0.812. The van der Waals surface area contributed by atoms with Gasteiger partial charge in [0.25, 0.3) is 5.91 Å². The quantitative estimate of drug-likeness (QED) is 0.807. The highest BCUT2D eigenvalue weighted by atomic mass is 16.5. The molecule has 0 bridgehead atoms. The molecular formula is C20H32N4O2. The highest BCUT2D eigenvalue weighted by Crippen LogP contribution is 2.35. The molecule has 2 aliphatic heterocycles. The first-order chi connectivity index (χ1) is 12.5. The Morgan fingerprint density at radius 3 is 2.58 bits per heavy atom. The van der Waals surface area contributed by atoms with Crippen molar-refractivity contribution in [2.45, 2.75) is 52.6 Å². The molecule has 144 valence electrons. The largest absolute Gasteiger partial charge is 0.340 e. The third-order valence-corrected chi connectivity index (χ3v) is 5.61. The molecular weight excluding hydrogens is 328 g/mol. The van der Waals surface area contributed by atoms with E-state index in [2.05, 4.69) is 42.5 Å². The number of nitrogens with zero attached hydrogens (tertiary/aromatic N) is 4. The van der Waals surface area contributed by atoms with Gasteiger partial charge in [0.2, 0.25) is 6.35 Å². The Labute approximate surface area is 157 Å². The Morgan fingerprint density at radius 2 is 1.88 bits per heavy atom. The number of benzene rings is 1. The number of para-hydroxylation sites is 1. The lowest BCUT2D eigenvalue weighted by atomic mass is 10.1. The second kappa shape index (κ2) is 7.94. The minimum absolute atomic E-state index is 0.0287. The van der Waals surface area contributed by atoms with E-state index in [1.54, 1.807) is 5.01 Å². The van der Waals surface area contributed by atoms with Crippen LogP contribution in [0.4, 0.5) is 5.69 Å². The number of carbonyl (C=O) groups is 1. The molecule has 0 radical (unpaired) electrons. The van der Waals surface area contributed by atoms with Crippen molar-refractivity contribution in [3.8, 4) is 0 Å². The molecule has 3 rings (SSSR count). The van der Waals surface area contributed by atoms with Crippen molar-refractivity contribution in [2.75, 3.05) is 38.1 Å². The third kappa shape index (κ3) is 3.46. The zero-order chi connectivity index (χ0) is 18.8. The van der Waals surface area contributed by atoms with E-state index in [-0.39, 0.29) is 24.4 Å². The summed E-state index contributed by atoms with van der Waals surface area (Å²) in [6, 6.07) is 8.14. The SMILES string of the molecule is CCN(CC)CCN1c2ccccc2C(=O)N(C)N2[C@@H]1O[C@H](C)C[C@@H]2C. The summed E-state index contributed by atoms with van der Waals surface area (Å²) < 4.78 is 6.37. The van der Waals surface area contributed by atoms with E-state index in [1.165, 1.54) is 0 Å². The predicted molar refractivity (Wildman–Crippen MR) is 104 cm³/mol. The van der Waals surface area contributed by atoms with Crippen molar-refractivity contribution in [3.63, 3.8) is 0 Å². The molecule has 0 aliphatic carbocycles. The number of hydrazine groups is 1. The van der Waals surface area contributed by atoms with Gasteiger partial charge in [0.15, 0.2) is 0 Å². The summed E-state index contributed by atoms with van der Waals surface area (Å²) in [7, 11) is 1.86. The minimum Gasteiger partial charge on any atom is -0.340 e. The number of hydrogen-bond acceptors (Lipinski definition) is 5. The Morgan fingerprint density at radius 1 is 1.19 bits per heavy atom. The topological polar surface area (TPSA) is 39.3 Å². The maximum Gasteiger partial charge on any atom is 0.270 e. The highest BCUT2D eigenvalue weighted by molar-refractivity contribution is 6.00. The van der Waals surface area contributed by atoms with Gasteiger partial charge in [0.1, 0.15) is 0 Å². The minimum atomic E-state index is -0.262. The molecule has 2 aliphatic rings. The van der Waals surface area contributed by atoms with Crippen LogP contribution in [0, 0.1) is 0 Å². The lowest BCUT2D eigenvalue weighted by Gasteiger charge is -2.49. The number of amides is 1. The van der Waals surface area contributed by atoms with Crippen LogP contribution in [0.2, 0.25) is 0 Å². The van der Waals surface area contributed by atoms with Gasteiger partial charge in [-0.05, 0) is 45.5 Å². The van der Waals surface area contributed by atoms with Crippen LogP contribution in [0.3, 0.4) is 0 Å². The first-order valence-electron chi connectivity index (χ1n) is 9.77. The summed E-state index contributed by atoms with van der Waals surface area (Å²) in [5.41, 5.74) is 1.71. The lowest BCUT2D eigenvalue weighted by molar-refractivity contribution is -0.214. The molecule has 6 heteroatoms. The maximum absolute atomic E-state index is 13.1. The maximum atomic E-state index is 13.1. The van der Waals surface area contributed by atoms with Crippen molar-refractivity contribution < 1.29 is 9.53 Å². The molecule has 3 atom stereocenters. The summed E-state index contributed by atoms with van der Waals surface area (Å²) in [5, 5.41) is 3.85. The fraction of sp³-hybridized carbons (Fsp3) is 0.650. The van der Waals surface area contributed by atoms with Crippen LogP contribution in [-0.4, -0.2) is 72.5 Å². The van der Waals surface area contributed by atoms with Gasteiger partial charge in [-0.2, -0.15) is 5.01 Å². The van der Waals surface area contributed by atoms with E-state index in [0.29, 0.717) is 0 Å². The molecule has 2 heterocycles. The first kappa shape index (κ1) is 19.1. The number of anilines is 1. The van der Waals surface area contributed by atoms with Crippen molar-refractivity contribution in [3.05, 3.63) is 29.8 Å². The Balaban J connectivity index is 2.01. The van der Waals surface area contributed by atoms with Crippen LogP contribution in [-0.2, 0) is 4.74 Å². The predicted octanol–water partition coefficient (Wildman–Crippen LogP) is 2.62. The molecule has 6 nitrogen and oxygen atoms in total. The lowest BCUT2D eigenvalue weighted by Crippen LogP contribution is -2.63. The molecule has 1 aromatic rings. The molecule has 1 fully saturated rings. The molecule has 1 saturated heterocycles. The highest BCUT2D eigenvalue weighted by Gasteiger charge is 2.43. The number of ether oxygens (including phenoxy) is 1. The fourth-order valence-corrected chi connectivity index (χ4v) is 4.11. The van der Waals surface area contributed by atoms with Gasteiger partial charge in [-0.25, -0.2) is 0 Å². The monoisotopic (exact) mass is 360 g/mol. The molecule has 26 heavy (non-hydrogen) atoms. The van der Waals surface area contributed by atoms with E-state index in [9.17, 15) is 4.79 Å². The smallest absolute Gasteiger partial charge is 0.270 e. The van der Waals surface area contributed by atoms with Crippen molar-refractivity contribution in [2.24, 2.45) is 0 Å². The van der Waals surface area contributed by atoms with Crippen molar-refractivity contribution in [1.82, 2.24) is 14.9 Å². The van der Waals surface area contributed by atoms with Crippen LogP contribution in [0.1, 0.15) is 44.5 Å². The van der Waals surface area contributed by atoms with E-state index < -0.39 is 0 Å². The Bertz CT molecular complexity index is 634. The number of hydrogen-bond donors (Lipinski definition) is 0. The van der Waals surface area contributed by atoms with Gasteiger partial charge >= 0.3 is 0 Å². The summed E-state index contributed by atoms with van der Waals surface area (Å²) in [4.78, 5) is 17.8. The third-order valence-electron chi connectivity index (χ3n) is 5.61. The zero-order valence-electron chi connectivity index (χ0n) is 16.7. The summed E-state index contributed by atoms with van der Waals surface area (Å²) >= 11 is 0. The average molecular weight is 361 g/mol. The number of likely N-dealkylation sites (N-methyl/N-ethyl adjacent to an activating group) is 1. The molecule has 0 saturated carbocycles. The average Bonchev–Trinajstić information content (AvgIpc) is 2.71. The van der Waals surface area contributed by atoms with Gasteiger partial charge < -0.3 is 14.5 Å². The van der Waals surface area contributed by atoms with Crippen LogP contribution in [0.5, 0.6) is 0 Å². The van der Waals surface area contributed by atoms with E-state index >= 15 is 0 Å². The second-order valence-corrected chi connectivity index (χ2v) is 7.30. The summed E-state index contributed by atoms with van der Waals surface area (Å²) in [6.45, 7) is 12.5. The molecule has 0 N–H and O–H groups in total. The molecule has 0 aromatic heterocycles. The molecule has 1 aromatic carbocycles. The zero-order valence-corrected chi connectivity index (χ0v) is 16.7. The molecule has 0 spiro atoms. The number of rotatable bonds is 5. The standard InChI is InChI=1S/C20H32N4O2/c1-6-22(7-2)12-13-23-18-11-9-8-10-17(18)19(25)21(5)24-15(3)14-16(4)26-20(23)24/h8-11,15-16,20H,6-7,12-14H2,1-5H3/t15-,16+,20+/m0/s1. The number of fused-ring (bicyclic) bond motifs is 2. The van der Waals surface area contributed by atoms with Crippen LogP contribution < -0.4 is 4.90 Å². The first-order valence-corrected chi connectivity index (χ1v) is 9.77. The Hall–Kier alpha value is -1.63.